The summed E-state index contributed by atoms with van der Waals surface area (Å²) in [6, 6.07) is 17.6. The number of rotatable bonds is 2. The summed E-state index contributed by atoms with van der Waals surface area (Å²) in [5, 5.41) is 19.8. The van der Waals surface area contributed by atoms with E-state index in [0.717, 1.165) is 15.7 Å². The lowest BCUT2D eigenvalue weighted by Gasteiger charge is -2.05. The Balaban J connectivity index is 2.49. The number of benzene rings is 2. The van der Waals surface area contributed by atoms with E-state index in [9.17, 15) is 0 Å². The van der Waals surface area contributed by atoms with Gasteiger partial charge in [0.25, 0.3) is 0 Å². The van der Waals surface area contributed by atoms with Crippen molar-refractivity contribution in [3.05, 3.63) is 52.3 Å². The third kappa shape index (κ3) is 2.51. The van der Waals surface area contributed by atoms with Crippen molar-refractivity contribution in [2.24, 2.45) is 0 Å². The van der Waals surface area contributed by atoms with Crippen LogP contribution in [0.2, 0.25) is 0 Å². The number of hydrogen-bond acceptors (Lipinski definition) is 4. The average Bonchev–Trinajstić information content (AvgIpc) is 2.40. The third-order valence-electron chi connectivity index (χ3n) is 2.39. The highest BCUT2D eigenvalue weighted by Gasteiger charge is 2.06. The summed E-state index contributed by atoms with van der Waals surface area (Å²) in [6.45, 7) is 0. The van der Waals surface area contributed by atoms with E-state index < -0.39 is 0 Å². The molecule has 0 bridgehead atoms. The van der Waals surface area contributed by atoms with Crippen LogP contribution in [0.4, 0.5) is 0 Å². The van der Waals surface area contributed by atoms with E-state index in [1.807, 2.05) is 54.6 Å². The summed E-state index contributed by atoms with van der Waals surface area (Å²) < 4.78 is 0.427. The Morgan fingerprint density at radius 2 is 1.67 bits per heavy atom. The van der Waals surface area contributed by atoms with E-state index in [-0.39, 0.29) is 5.57 Å². The van der Waals surface area contributed by atoms with Gasteiger partial charge in [0.1, 0.15) is 17.7 Å². The minimum absolute atomic E-state index is 0.0382. The summed E-state index contributed by atoms with van der Waals surface area (Å²) in [7, 11) is 0. The Morgan fingerprint density at radius 3 is 2.39 bits per heavy atom. The fourth-order valence-corrected chi connectivity index (χ4v) is 2.80. The van der Waals surface area contributed by atoms with E-state index in [2.05, 4.69) is 12.6 Å². The maximum atomic E-state index is 8.80. The fourth-order valence-electron chi connectivity index (χ4n) is 1.56. The molecule has 0 aliphatic carbocycles. The standard InChI is InChI=1S/C14H8N2S2/c15-8-11(9-16)14(17)18-13-7-3-5-10-4-1-2-6-12(10)13/h1-7,17H. The highest BCUT2D eigenvalue weighted by Crippen LogP contribution is 2.35. The van der Waals surface area contributed by atoms with Crippen molar-refractivity contribution in [1.29, 1.82) is 10.5 Å². The first-order valence-corrected chi connectivity index (χ1v) is 6.41. The number of thioether (sulfide) groups is 1. The molecule has 2 rings (SSSR count). The molecule has 0 saturated heterocycles. The minimum atomic E-state index is 0.0382. The molecule has 0 N–H and O–H groups in total. The van der Waals surface area contributed by atoms with Crippen LogP contribution in [0.5, 0.6) is 0 Å². The third-order valence-corrected chi connectivity index (χ3v) is 3.86. The largest absolute Gasteiger partial charge is 0.192 e. The number of thiol groups is 1. The number of nitrogens with zero attached hydrogens (tertiary/aromatic N) is 2. The van der Waals surface area contributed by atoms with Gasteiger partial charge in [-0.1, -0.05) is 48.2 Å². The minimum Gasteiger partial charge on any atom is -0.192 e. The van der Waals surface area contributed by atoms with Crippen LogP contribution < -0.4 is 0 Å². The normalized spacial score (nSPS) is 9.50. The average molecular weight is 268 g/mol. The molecule has 0 aliphatic heterocycles. The molecule has 2 aromatic rings. The van der Waals surface area contributed by atoms with Crippen LogP contribution in [0, 0.1) is 22.7 Å². The zero-order valence-corrected chi connectivity index (χ0v) is 11.0. The zero-order chi connectivity index (χ0) is 13.0. The van der Waals surface area contributed by atoms with Gasteiger partial charge in [0.05, 0.1) is 4.24 Å². The molecule has 0 heterocycles. The molecule has 0 aliphatic rings. The summed E-state index contributed by atoms with van der Waals surface area (Å²) in [5.41, 5.74) is 0.0382. The maximum absolute atomic E-state index is 8.80. The molecular weight excluding hydrogens is 260 g/mol. The molecule has 0 aromatic heterocycles. The molecular formula is C14H8N2S2. The van der Waals surface area contributed by atoms with Crippen LogP contribution in [0.3, 0.4) is 0 Å². The van der Waals surface area contributed by atoms with Crippen molar-refractivity contribution >= 4 is 35.2 Å². The maximum Gasteiger partial charge on any atom is 0.149 e. The van der Waals surface area contributed by atoms with Crippen LogP contribution in [0.25, 0.3) is 10.8 Å². The number of hydrogen-bond donors (Lipinski definition) is 1. The van der Waals surface area contributed by atoms with Gasteiger partial charge >= 0.3 is 0 Å². The summed E-state index contributed by atoms with van der Waals surface area (Å²) >= 11 is 5.55. The molecule has 0 saturated carbocycles. The Morgan fingerprint density at radius 1 is 1.00 bits per heavy atom. The lowest BCUT2D eigenvalue weighted by atomic mass is 10.1. The van der Waals surface area contributed by atoms with Gasteiger partial charge in [0, 0.05) is 4.90 Å². The van der Waals surface area contributed by atoms with Crippen molar-refractivity contribution < 1.29 is 0 Å². The first-order chi connectivity index (χ1) is 8.76. The monoisotopic (exact) mass is 268 g/mol. The molecule has 86 valence electrons. The second-order valence-corrected chi connectivity index (χ2v) is 5.29. The Hall–Kier alpha value is -1.88. The SMILES string of the molecule is N#CC(C#N)=C(S)Sc1cccc2ccccc12. The van der Waals surface area contributed by atoms with Crippen LogP contribution in [-0.4, -0.2) is 0 Å². The molecule has 0 fully saturated rings. The predicted octanol–water partition coefficient (Wildman–Crippen LogP) is 4.12. The van der Waals surface area contributed by atoms with Gasteiger partial charge in [-0.2, -0.15) is 10.5 Å². The summed E-state index contributed by atoms with van der Waals surface area (Å²) in [5.74, 6) is 0. The number of allylic oxidation sites excluding steroid dienone is 1. The molecule has 0 spiro atoms. The van der Waals surface area contributed by atoms with E-state index in [1.54, 1.807) is 0 Å². The molecule has 2 nitrogen and oxygen atoms in total. The highest BCUT2D eigenvalue weighted by atomic mass is 32.2. The van der Waals surface area contributed by atoms with E-state index >= 15 is 0 Å². The lowest BCUT2D eigenvalue weighted by molar-refractivity contribution is 1.46. The second-order valence-electron chi connectivity index (χ2n) is 3.48. The van der Waals surface area contributed by atoms with Gasteiger partial charge in [-0.15, -0.1) is 12.6 Å². The van der Waals surface area contributed by atoms with Crippen molar-refractivity contribution in [3.8, 4) is 12.1 Å². The molecule has 4 heteroatoms. The van der Waals surface area contributed by atoms with Gasteiger partial charge in [-0.25, -0.2) is 0 Å². The Labute approximate surface area is 115 Å². The molecule has 0 unspecified atom stereocenters. The second kappa shape index (κ2) is 5.64. The van der Waals surface area contributed by atoms with Gasteiger partial charge < -0.3 is 0 Å². The van der Waals surface area contributed by atoms with Crippen molar-refractivity contribution in [2.75, 3.05) is 0 Å². The van der Waals surface area contributed by atoms with Crippen LogP contribution in [0.1, 0.15) is 0 Å². The number of fused-ring (bicyclic) bond motifs is 1. The van der Waals surface area contributed by atoms with Crippen molar-refractivity contribution in [2.45, 2.75) is 4.90 Å². The summed E-state index contributed by atoms with van der Waals surface area (Å²) in [4.78, 5) is 0.987. The zero-order valence-electron chi connectivity index (χ0n) is 9.29. The smallest absolute Gasteiger partial charge is 0.149 e. The fraction of sp³-hybridized carbons (Fsp3) is 0. The van der Waals surface area contributed by atoms with E-state index in [1.165, 1.54) is 11.8 Å². The predicted molar refractivity (Wildman–Crippen MR) is 77.0 cm³/mol. The van der Waals surface area contributed by atoms with Crippen molar-refractivity contribution in [3.63, 3.8) is 0 Å². The topological polar surface area (TPSA) is 47.6 Å². The Kier molecular flexibility index (Phi) is 3.94. The first-order valence-electron chi connectivity index (χ1n) is 5.15. The van der Waals surface area contributed by atoms with Gasteiger partial charge in [0.15, 0.2) is 0 Å². The lowest BCUT2D eigenvalue weighted by Crippen LogP contribution is -1.79. The van der Waals surface area contributed by atoms with Crippen LogP contribution in [0.15, 0.2) is 57.2 Å². The Bertz CT molecular complexity index is 684. The molecule has 0 amide bonds. The quantitative estimate of drug-likeness (QED) is 0.506. The van der Waals surface area contributed by atoms with Crippen molar-refractivity contribution in [1.82, 2.24) is 0 Å². The summed E-state index contributed by atoms with van der Waals surface area (Å²) in [6.07, 6.45) is 0. The van der Waals surface area contributed by atoms with E-state index in [4.69, 9.17) is 10.5 Å². The molecule has 18 heavy (non-hydrogen) atoms. The van der Waals surface area contributed by atoms with E-state index in [0.29, 0.717) is 4.24 Å². The highest BCUT2D eigenvalue weighted by molar-refractivity contribution is 8.15. The number of nitriles is 2. The first kappa shape index (κ1) is 12.6. The molecule has 0 atom stereocenters. The van der Waals surface area contributed by atoms with Crippen LogP contribution >= 0.6 is 24.4 Å². The molecule has 2 aromatic carbocycles. The van der Waals surface area contributed by atoms with Crippen LogP contribution in [-0.2, 0) is 0 Å². The van der Waals surface area contributed by atoms with Gasteiger partial charge in [0.2, 0.25) is 0 Å². The van der Waals surface area contributed by atoms with Gasteiger partial charge in [-0.05, 0) is 16.8 Å². The molecule has 0 radical (unpaired) electrons. The van der Waals surface area contributed by atoms with Gasteiger partial charge in [-0.3, -0.25) is 0 Å².